The Morgan fingerprint density at radius 2 is 1.88 bits per heavy atom. The van der Waals surface area contributed by atoms with E-state index in [-0.39, 0.29) is 11.4 Å². The summed E-state index contributed by atoms with van der Waals surface area (Å²) in [5.74, 6) is -0.472. The molecule has 0 fully saturated rings. The molecule has 24 heavy (non-hydrogen) atoms. The van der Waals surface area contributed by atoms with Gasteiger partial charge in [-0.3, -0.25) is 0 Å². The van der Waals surface area contributed by atoms with Gasteiger partial charge >= 0.3 is 0 Å². The van der Waals surface area contributed by atoms with Crippen molar-refractivity contribution in [2.75, 3.05) is 0 Å². The number of rotatable bonds is 5. The molecule has 7 heteroatoms. The second kappa shape index (κ2) is 6.33. The summed E-state index contributed by atoms with van der Waals surface area (Å²) in [6.07, 6.45) is 1.78. The minimum atomic E-state index is -3.68. The first kappa shape index (κ1) is 16.6. The second-order valence-corrected chi connectivity index (χ2v) is 7.61. The fraction of sp³-hybridized carbons (Fsp3) is 0.235. The smallest absolute Gasteiger partial charge is 0.240 e. The van der Waals surface area contributed by atoms with Crippen LogP contribution in [-0.2, 0) is 16.6 Å². The Balaban J connectivity index is 1.79. The van der Waals surface area contributed by atoms with E-state index in [4.69, 9.17) is 0 Å². The summed E-state index contributed by atoms with van der Waals surface area (Å²) in [4.78, 5) is 4.39. The van der Waals surface area contributed by atoms with Gasteiger partial charge in [-0.1, -0.05) is 6.07 Å². The molecule has 3 rings (SSSR count). The predicted octanol–water partition coefficient (Wildman–Crippen LogP) is 3.23. The zero-order valence-electron chi connectivity index (χ0n) is 13.4. The molecule has 1 aromatic heterocycles. The lowest BCUT2D eigenvalue weighted by Crippen LogP contribution is -2.23. The van der Waals surface area contributed by atoms with Crippen LogP contribution in [0.4, 0.5) is 4.39 Å². The Morgan fingerprint density at radius 1 is 1.17 bits per heavy atom. The number of nitrogens with one attached hydrogen (secondary N) is 1. The van der Waals surface area contributed by atoms with Gasteiger partial charge in [0.1, 0.15) is 5.82 Å². The molecular weight excluding hydrogens is 329 g/mol. The van der Waals surface area contributed by atoms with Crippen LogP contribution >= 0.6 is 0 Å². The van der Waals surface area contributed by atoms with Crippen molar-refractivity contribution in [3.63, 3.8) is 0 Å². The highest BCUT2D eigenvalue weighted by Gasteiger charge is 2.14. The zero-order valence-corrected chi connectivity index (χ0v) is 14.2. The van der Waals surface area contributed by atoms with Crippen molar-refractivity contribution in [1.29, 1.82) is 0 Å². The number of sulfonamides is 1. The first-order valence-electron chi connectivity index (χ1n) is 7.57. The van der Waals surface area contributed by atoms with Gasteiger partial charge in [0.15, 0.2) is 0 Å². The molecule has 1 heterocycles. The molecule has 0 spiro atoms. The Labute approximate surface area is 140 Å². The highest BCUT2D eigenvalue weighted by atomic mass is 32.2. The molecule has 2 aromatic carbocycles. The number of benzene rings is 2. The highest BCUT2D eigenvalue weighted by molar-refractivity contribution is 7.89. The topological polar surface area (TPSA) is 64.0 Å². The normalized spacial score (nSPS) is 12.2. The number of hydrogen-bond donors (Lipinski definition) is 1. The average molecular weight is 347 g/mol. The number of nitrogens with zero attached hydrogens (tertiary/aromatic N) is 2. The van der Waals surface area contributed by atoms with Crippen molar-refractivity contribution < 1.29 is 12.8 Å². The molecular formula is C17H18FN3O2S. The van der Waals surface area contributed by atoms with Gasteiger partial charge in [-0.15, -0.1) is 0 Å². The van der Waals surface area contributed by atoms with Crippen molar-refractivity contribution >= 4 is 21.1 Å². The predicted molar refractivity (Wildman–Crippen MR) is 90.5 cm³/mol. The molecule has 0 amide bonds. The summed E-state index contributed by atoms with van der Waals surface area (Å²) in [6.45, 7) is 4.29. The van der Waals surface area contributed by atoms with Gasteiger partial charge in [0, 0.05) is 12.6 Å². The largest absolute Gasteiger partial charge is 0.328 e. The third kappa shape index (κ3) is 3.32. The second-order valence-electron chi connectivity index (χ2n) is 5.85. The Hall–Kier alpha value is -2.25. The third-order valence-electron chi connectivity index (χ3n) is 3.79. The Morgan fingerprint density at radius 3 is 2.54 bits per heavy atom. The van der Waals surface area contributed by atoms with Crippen LogP contribution in [0.25, 0.3) is 11.0 Å². The first-order valence-corrected chi connectivity index (χ1v) is 9.06. The molecule has 0 unspecified atom stereocenters. The average Bonchev–Trinajstić information content (AvgIpc) is 2.97. The lowest BCUT2D eigenvalue weighted by atomic mass is 10.2. The van der Waals surface area contributed by atoms with Crippen LogP contribution in [0.3, 0.4) is 0 Å². The molecule has 0 saturated carbocycles. The van der Waals surface area contributed by atoms with Crippen molar-refractivity contribution in [3.8, 4) is 0 Å². The van der Waals surface area contributed by atoms with E-state index >= 15 is 0 Å². The molecule has 3 aromatic rings. The molecule has 0 radical (unpaired) electrons. The van der Waals surface area contributed by atoms with E-state index in [1.54, 1.807) is 6.33 Å². The van der Waals surface area contributed by atoms with Gasteiger partial charge in [-0.25, -0.2) is 22.5 Å². The minimum Gasteiger partial charge on any atom is -0.328 e. The highest BCUT2D eigenvalue weighted by Crippen LogP contribution is 2.19. The van der Waals surface area contributed by atoms with E-state index in [0.717, 1.165) is 28.7 Å². The zero-order chi connectivity index (χ0) is 17.3. The number of halogens is 1. The molecule has 5 nitrogen and oxygen atoms in total. The molecule has 0 aliphatic heterocycles. The van der Waals surface area contributed by atoms with Crippen LogP contribution in [-0.4, -0.2) is 18.0 Å². The van der Waals surface area contributed by atoms with Crippen LogP contribution in [0.15, 0.2) is 53.7 Å². The van der Waals surface area contributed by atoms with E-state index < -0.39 is 15.8 Å². The first-order chi connectivity index (χ1) is 11.4. The van der Waals surface area contributed by atoms with Gasteiger partial charge in [-0.05, 0) is 55.8 Å². The maximum absolute atomic E-state index is 12.9. The van der Waals surface area contributed by atoms with Crippen LogP contribution in [0, 0.1) is 5.82 Å². The fourth-order valence-electron chi connectivity index (χ4n) is 2.47. The molecule has 126 valence electrons. The van der Waals surface area contributed by atoms with Crippen LogP contribution in [0.2, 0.25) is 0 Å². The fourth-order valence-corrected chi connectivity index (χ4v) is 3.49. The Kier molecular flexibility index (Phi) is 4.38. The van der Waals surface area contributed by atoms with Crippen molar-refractivity contribution in [2.24, 2.45) is 0 Å². The van der Waals surface area contributed by atoms with E-state index in [9.17, 15) is 12.8 Å². The van der Waals surface area contributed by atoms with Gasteiger partial charge in [0.05, 0.1) is 22.3 Å². The summed E-state index contributed by atoms with van der Waals surface area (Å²) in [6, 6.07) is 10.7. The van der Waals surface area contributed by atoms with Gasteiger partial charge < -0.3 is 4.57 Å². The molecule has 0 atom stereocenters. The van der Waals surface area contributed by atoms with Crippen LogP contribution in [0.5, 0.6) is 0 Å². The van der Waals surface area contributed by atoms with Crippen LogP contribution in [0.1, 0.15) is 25.5 Å². The van der Waals surface area contributed by atoms with Crippen LogP contribution < -0.4 is 4.72 Å². The number of fused-ring (bicyclic) bond motifs is 1. The lowest BCUT2D eigenvalue weighted by molar-refractivity contribution is 0.580. The minimum absolute atomic E-state index is 0.0362. The Bertz CT molecular complexity index is 963. The maximum Gasteiger partial charge on any atom is 0.240 e. The maximum atomic E-state index is 12.9. The van der Waals surface area contributed by atoms with E-state index in [1.807, 2.05) is 18.2 Å². The monoisotopic (exact) mass is 347 g/mol. The summed E-state index contributed by atoms with van der Waals surface area (Å²) < 4.78 is 41.9. The van der Waals surface area contributed by atoms with Crippen molar-refractivity contribution in [3.05, 3.63) is 60.2 Å². The molecule has 0 aliphatic carbocycles. The SMILES string of the molecule is CC(C)n1cnc2cc(CNS(=O)(=O)c3ccc(F)cc3)ccc21. The number of aromatic nitrogens is 2. The summed E-state index contributed by atoms with van der Waals surface area (Å²) in [5.41, 5.74) is 2.64. The standard InChI is InChI=1S/C17H18FN3O2S/c1-12(2)21-11-19-16-9-13(3-8-17(16)21)10-20-24(22,23)15-6-4-14(18)5-7-15/h3-9,11-12,20H,10H2,1-2H3. The van der Waals surface area contributed by atoms with E-state index in [0.29, 0.717) is 6.04 Å². The molecule has 1 N–H and O–H groups in total. The van der Waals surface area contributed by atoms with Gasteiger partial charge in [0.25, 0.3) is 0 Å². The van der Waals surface area contributed by atoms with Gasteiger partial charge in [0.2, 0.25) is 10.0 Å². The third-order valence-corrected chi connectivity index (χ3v) is 5.20. The molecule has 0 bridgehead atoms. The quantitative estimate of drug-likeness (QED) is 0.771. The number of imidazole rings is 1. The molecule has 0 saturated heterocycles. The lowest BCUT2D eigenvalue weighted by Gasteiger charge is -2.09. The summed E-state index contributed by atoms with van der Waals surface area (Å²) in [5, 5.41) is 0. The van der Waals surface area contributed by atoms with E-state index in [1.165, 1.54) is 12.1 Å². The summed E-state index contributed by atoms with van der Waals surface area (Å²) >= 11 is 0. The van der Waals surface area contributed by atoms with E-state index in [2.05, 4.69) is 28.1 Å². The van der Waals surface area contributed by atoms with Gasteiger partial charge in [-0.2, -0.15) is 0 Å². The number of hydrogen-bond acceptors (Lipinski definition) is 3. The van der Waals surface area contributed by atoms with Crippen molar-refractivity contribution in [2.45, 2.75) is 31.3 Å². The van der Waals surface area contributed by atoms with Crippen molar-refractivity contribution in [1.82, 2.24) is 14.3 Å². The molecule has 0 aliphatic rings. The summed E-state index contributed by atoms with van der Waals surface area (Å²) in [7, 11) is -3.68.